The van der Waals surface area contributed by atoms with Crippen molar-refractivity contribution in [3.63, 3.8) is 0 Å². The molecule has 0 amide bonds. The lowest BCUT2D eigenvalue weighted by Gasteiger charge is -1.86. The van der Waals surface area contributed by atoms with Crippen molar-refractivity contribution >= 4 is 26.8 Å². The molecule has 0 fully saturated rings. The van der Waals surface area contributed by atoms with Gasteiger partial charge < -0.3 is 4.98 Å². The van der Waals surface area contributed by atoms with Crippen molar-refractivity contribution in [3.05, 3.63) is 36.0 Å². The van der Waals surface area contributed by atoms with E-state index in [1.54, 1.807) is 0 Å². The normalized spacial score (nSPS) is 9.42. The molecule has 0 spiro atoms. The van der Waals surface area contributed by atoms with Crippen LogP contribution >= 0.6 is 15.9 Å². The number of aromatic nitrogens is 1. The van der Waals surface area contributed by atoms with Crippen LogP contribution in [0.3, 0.4) is 0 Å². The number of para-hydroxylation sites is 1. The average Bonchev–Trinajstić information content (AvgIpc) is 2.50. The van der Waals surface area contributed by atoms with Crippen molar-refractivity contribution in [2.45, 2.75) is 0 Å². The van der Waals surface area contributed by atoms with E-state index in [-0.39, 0.29) is 0 Å². The third-order valence-electron chi connectivity index (χ3n) is 1.77. The van der Waals surface area contributed by atoms with Crippen LogP contribution in [0.15, 0.2) is 30.5 Å². The maximum Gasteiger partial charge on any atom is 0.0507 e. The summed E-state index contributed by atoms with van der Waals surface area (Å²) in [6.45, 7) is 0. The third kappa shape index (κ3) is 1.13. The largest absolute Gasteiger partial charge is 0.360 e. The highest BCUT2D eigenvalue weighted by molar-refractivity contribution is 9.12. The molecule has 12 heavy (non-hydrogen) atoms. The van der Waals surface area contributed by atoms with E-state index in [4.69, 9.17) is 0 Å². The summed E-state index contributed by atoms with van der Waals surface area (Å²) >= 11 is 3.08. The molecule has 0 radical (unpaired) electrons. The van der Waals surface area contributed by atoms with Crippen molar-refractivity contribution < 1.29 is 0 Å². The predicted octanol–water partition coefficient (Wildman–Crippen LogP) is 2.87. The van der Waals surface area contributed by atoms with E-state index in [0.29, 0.717) is 0 Å². The summed E-state index contributed by atoms with van der Waals surface area (Å²) in [6, 6.07) is 8.10. The van der Waals surface area contributed by atoms with Crippen LogP contribution in [0, 0.1) is 10.8 Å². The second-order valence-corrected chi connectivity index (χ2v) is 2.86. The minimum atomic E-state index is 1.03. The van der Waals surface area contributed by atoms with Gasteiger partial charge in [0.1, 0.15) is 0 Å². The Morgan fingerprint density at radius 2 is 2.08 bits per heavy atom. The Balaban J connectivity index is 2.76. The highest BCUT2D eigenvalue weighted by atomic mass is 79.9. The molecule has 0 saturated carbocycles. The standard InChI is InChI=1S/C10H6BrN/c11-6-5-8-7-12-10-4-2-1-3-9(8)10/h1-4,7,12H. The Labute approximate surface area is 78.9 Å². The molecule has 0 aliphatic carbocycles. The Kier molecular flexibility index (Phi) is 1.89. The number of halogens is 1. The molecule has 2 rings (SSSR count). The van der Waals surface area contributed by atoms with Gasteiger partial charge in [0.25, 0.3) is 0 Å². The van der Waals surface area contributed by atoms with Gasteiger partial charge in [0, 0.05) is 33.0 Å². The molecule has 1 N–H and O–H groups in total. The SMILES string of the molecule is BrC#Cc1c[nH]c2ccccc12. The fraction of sp³-hybridized carbons (Fsp3) is 0. The summed E-state index contributed by atoms with van der Waals surface area (Å²) in [4.78, 5) is 5.85. The Morgan fingerprint density at radius 3 is 2.92 bits per heavy atom. The fourth-order valence-corrected chi connectivity index (χ4v) is 1.44. The van der Waals surface area contributed by atoms with E-state index >= 15 is 0 Å². The molecular formula is C10H6BrN. The predicted molar refractivity (Wildman–Crippen MR) is 54.1 cm³/mol. The molecule has 0 aliphatic rings. The first-order valence-electron chi connectivity index (χ1n) is 3.59. The third-order valence-corrected chi connectivity index (χ3v) is 1.97. The zero-order valence-corrected chi connectivity index (χ0v) is 7.85. The van der Waals surface area contributed by atoms with Crippen molar-refractivity contribution in [1.82, 2.24) is 4.98 Å². The molecule has 2 heteroatoms. The van der Waals surface area contributed by atoms with Gasteiger partial charge in [-0.1, -0.05) is 24.1 Å². The second-order valence-electron chi connectivity index (χ2n) is 2.47. The number of hydrogen-bond donors (Lipinski definition) is 1. The molecule has 1 nitrogen and oxygen atoms in total. The Bertz CT molecular complexity index is 459. The van der Waals surface area contributed by atoms with E-state index in [2.05, 4.69) is 37.7 Å². The van der Waals surface area contributed by atoms with Crippen LogP contribution in [0.2, 0.25) is 0 Å². The number of nitrogens with one attached hydrogen (secondary N) is 1. The molecular weight excluding hydrogens is 214 g/mol. The number of hydrogen-bond acceptors (Lipinski definition) is 0. The van der Waals surface area contributed by atoms with Crippen molar-refractivity contribution in [1.29, 1.82) is 0 Å². The summed E-state index contributed by atoms with van der Waals surface area (Å²) in [5, 5.41) is 1.17. The topological polar surface area (TPSA) is 15.8 Å². The average molecular weight is 220 g/mol. The van der Waals surface area contributed by atoms with E-state index in [9.17, 15) is 0 Å². The molecule has 1 aromatic heterocycles. The molecule has 2 aromatic rings. The van der Waals surface area contributed by atoms with Crippen molar-refractivity contribution in [2.24, 2.45) is 0 Å². The van der Waals surface area contributed by atoms with Crippen LogP contribution in [0.5, 0.6) is 0 Å². The van der Waals surface area contributed by atoms with Gasteiger partial charge in [-0.3, -0.25) is 0 Å². The monoisotopic (exact) mass is 219 g/mol. The van der Waals surface area contributed by atoms with Crippen LogP contribution in [-0.2, 0) is 0 Å². The van der Waals surface area contributed by atoms with E-state index in [1.807, 2.05) is 24.4 Å². The Hall–Kier alpha value is -1.20. The van der Waals surface area contributed by atoms with E-state index < -0.39 is 0 Å². The maximum absolute atomic E-state index is 3.15. The maximum atomic E-state index is 3.15. The smallest absolute Gasteiger partial charge is 0.0507 e. The molecule has 58 valence electrons. The van der Waals surface area contributed by atoms with Gasteiger partial charge in [0.15, 0.2) is 0 Å². The van der Waals surface area contributed by atoms with Gasteiger partial charge in [0.2, 0.25) is 0 Å². The summed E-state index contributed by atoms with van der Waals surface area (Å²) in [5.41, 5.74) is 2.16. The molecule has 0 aliphatic heterocycles. The molecule has 0 saturated heterocycles. The van der Waals surface area contributed by atoms with Gasteiger partial charge in [-0.2, -0.15) is 0 Å². The van der Waals surface area contributed by atoms with Crippen LogP contribution in [-0.4, -0.2) is 4.98 Å². The van der Waals surface area contributed by atoms with Crippen LogP contribution in [0.1, 0.15) is 5.56 Å². The lowest BCUT2D eigenvalue weighted by atomic mass is 10.2. The highest BCUT2D eigenvalue weighted by Gasteiger charge is 1.97. The molecule has 0 unspecified atom stereocenters. The lowest BCUT2D eigenvalue weighted by Crippen LogP contribution is -1.67. The zero-order chi connectivity index (χ0) is 8.39. The summed E-state index contributed by atoms with van der Waals surface area (Å²) in [5.74, 6) is 2.97. The van der Waals surface area contributed by atoms with Crippen molar-refractivity contribution in [3.8, 4) is 10.8 Å². The molecule has 1 heterocycles. The van der Waals surface area contributed by atoms with Crippen LogP contribution in [0.25, 0.3) is 10.9 Å². The second kappa shape index (κ2) is 3.04. The first-order chi connectivity index (χ1) is 5.92. The summed E-state index contributed by atoms with van der Waals surface area (Å²) < 4.78 is 0. The van der Waals surface area contributed by atoms with Crippen LogP contribution < -0.4 is 0 Å². The first-order valence-corrected chi connectivity index (χ1v) is 4.39. The van der Waals surface area contributed by atoms with Gasteiger partial charge in [0.05, 0.1) is 5.56 Å². The lowest BCUT2D eigenvalue weighted by molar-refractivity contribution is 1.47. The van der Waals surface area contributed by atoms with Gasteiger partial charge in [-0.05, 0) is 10.9 Å². The summed E-state index contributed by atoms with van der Waals surface area (Å²) in [6.07, 6.45) is 1.92. The van der Waals surface area contributed by atoms with Gasteiger partial charge in [-0.15, -0.1) is 0 Å². The van der Waals surface area contributed by atoms with Gasteiger partial charge >= 0.3 is 0 Å². The molecule has 0 bridgehead atoms. The van der Waals surface area contributed by atoms with E-state index in [0.717, 1.165) is 11.1 Å². The van der Waals surface area contributed by atoms with E-state index in [1.165, 1.54) is 5.39 Å². The quantitative estimate of drug-likeness (QED) is 0.657. The highest BCUT2D eigenvalue weighted by Crippen LogP contribution is 2.16. The first kappa shape index (κ1) is 7.45. The van der Waals surface area contributed by atoms with Crippen molar-refractivity contribution in [2.75, 3.05) is 0 Å². The minimum Gasteiger partial charge on any atom is -0.360 e. The number of benzene rings is 1. The Morgan fingerprint density at radius 1 is 1.25 bits per heavy atom. The molecule has 1 aromatic carbocycles. The zero-order valence-electron chi connectivity index (χ0n) is 6.26. The molecule has 0 atom stereocenters. The number of fused-ring (bicyclic) bond motifs is 1. The summed E-state index contributed by atoms with van der Waals surface area (Å²) in [7, 11) is 0. The minimum absolute atomic E-state index is 1.03. The fourth-order valence-electron chi connectivity index (χ4n) is 1.23. The number of aromatic amines is 1. The van der Waals surface area contributed by atoms with Crippen LogP contribution in [0.4, 0.5) is 0 Å². The number of rotatable bonds is 0. The number of H-pyrrole nitrogens is 1. The van der Waals surface area contributed by atoms with Gasteiger partial charge in [-0.25, -0.2) is 0 Å².